The molecule has 0 saturated carbocycles. The molecule has 3 heteroatoms. The fraction of sp³-hybridized carbons (Fsp3) is 0.571. The van der Waals surface area contributed by atoms with Crippen molar-refractivity contribution in [2.75, 3.05) is 11.9 Å². The van der Waals surface area contributed by atoms with Gasteiger partial charge in [-0.25, -0.2) is 0 Å². The molecule has 0 fully saturated rings. The first-order valence-corrected chi connectivity index (χ1v) is 7.19. The third kappa shape index (κ3) is 4.32. The van der Waals surface area contributed by atoms with Crippen LogP contribution in [0.15, 0.2) is 28.7 Å². The van der Waals surface area contributed by atoms with Gasteiger partial charge in [-0.05, 0) is 37.1 Å². The van der Waals surface area contributed by atoms with Gasteiger partial charge in [0, 0.05) is 22.2 Å². The Kier molecular flexibility index (Phi) is 6.00. The van der Waals surface area contributed by atoms with E-state index < -0.39 is 0 Å². The summed E-state index contributed by atoms with van der Waals surface area (Å²) in [5.41, 5.74) is 7.19. The van der Waals surface area contributed by atoms with Crippen LogP contribution in [0.1, 0.15) is 39.5 Å². The first-order chi connectivity index (χ1) is 8.15. The van der Waals surface area contributed by atoms with E-state index in [0.29, 0.717) is 6.54 Å². The topological polar surface area (TPSA) is 38.0 Å². The summed E-state index contributed by atoms with van der Waals surface area (Å²) < 4.78 is 1.10. The summed E-state index contributed by atoms with van der Waals surface area (Å²) in [5, 5.41) is 3.63. The molecule has 0 saturated heterocycles. The third-order valence-electron chi connectivity index (χ3n) is 3.10. The molecule has 0 radical (unpaired) electrons. The van der Waals surface area contributed by atoms with Crippen molar-refractivity contribution in [3.8, 4) is 0 Å². The monoisotopic (exact) mass is 298 g/mol. The highest BCUT2D eigenvalue weighted by Crippen LogP contribution is 2.25. The van der Waals surface area contributed by atoms with Crippen LogP contribution in [0.5, 0.6) is 0 Å². The van der Waals surface area contributed by atoms with E-state index in [0.717, 1.165) is 35.8 Å². The van der Waals surface area contributed by atoms with E-state index in [2.05, 4.69) is 59.4 Å². The van der Waals surface area contributed by atoms with Gasteiger partial charge in [0.25, 0.3) is 0 Å². The Morgan fingerprint density at radius 3 is 2.06 bits per heavy atom. The first-order valence-electron chi connectivity index (χ1n) is 6.39. The molecular weight excluding hydrogens is 276 g/mol. The van der Waals surface area contributed by atoms with E-state index in [1.165, 1.54) is 0 Å². The fourth-order valence-corrected chi connectivity index (χ4v) is 2.57. The van der Waals surface area contributed by atoms with Crippen molar-refractivity contribution in [1.82, 2.24) is 0 Å². The van der Waals surface area contributed by atoms with E-state index in [1.54, 1.807) is 0 Å². The number of rotatable bonds is 7. The molecule has 0 aliphatic carbocycles. The highest BCUT2D eigenvalue weighted by Gasteiger charge is 2.26. The molecule has 1 aromatic carbocycles. The summed E-state index contributed by atoms with van der Waals surface area (Å²) in [6.07, 6.45) is 4.54. The minimum atomic E-state index is 0.0529. The van der Waals surface area contributed by atoms with Crippen LogP contribution in [-0.2, 0) is 0 Å². The second kappa shape index (κ2) is 7.02. The van der Waals surface area contributed by atoms with Crippen molar-refractivity contribution >= 4 is 21.6 Å². The Labute approximate surface area is 113 Å². The second-order valence-corrected chi connectivity index (χ2v) is 5.53. The van der Waals surface area contributed by atoms with Crippen LogP contribution >= 0.6 is 15.9 Å². The molecule has 0 spiro atoms. The zero-order valence-electron chi connectivity index (χ0n) is 10.8. The van der Waals surface area contributed by atoms with Crippen molar-refractivity contribution in [3.63, 3.8) is 0 Å². The van der Waals surface area contributed by atoms with E-state index in [9.17, 15) is 0 Å². The average Bonchev–Trinajstić information content (AvgIpc) is 2.33. The number of benzene rings is 1. The maximum Gasteiger partial charge on any atom is 0.0495 e. The van der Waals surface area contributed by atoms with Gasteiger partial charge in [0.2, 0.25) is 0 Å². The zero-order valence-corrected chi connectivity index (χ0v) is 12.4. The Morgan fingerprint density at radius 2 is 1.65 bits per heavy atom. The third-order valence-corrected chi connectivity index (χ3v) is 3.63. The van der Waals surface area contributed by atoms with Crippen LogP contribution in [0.2, 0.25) is 0 Å². The van der Waals surface area contributed by atoms with Crippen molar-refractivity contribution in [2.45, 2.75) is 45.1 Å². The Balaban J connectivity index is 2.80. The van der Waals surface area contributed by atoms with Gasteiger partial charge in [-0.2, -0.15) is 0 Å². The molecule has 0 aliphatic heterocycles. The quantitative estimate of drug-likeness (QED) is 0.793. The molecule has 0 aliphatic rings. The van der Waals surface area contributed by atoms with Crippen LogP contribution < -0.4 is 11.1 Å². The number of nitrogens with two attached hydrogens (primary N) is 1. The fourth-order valence-electron chi connectivity index (χ4n) is 2.30. The van der Waals surface area contributed by atoms with Gasteiger partial charge in [-0.1, -0.05) is 42.6 Å². The molecule has 0 amide bonds. The van der Waals surface area contributed by atoms with Crippen molar-refractivity contribution in [1.29, 1.82) is 0 Å². The van der Waals surface area contributed by atoms with Crippen molar-refractivity contribution in [2.24, 2.45) is 5.73 Å². The first kappa shape index (κ1) is 14.5. The molecule has 1 rings (SSSR count). The van der Waals surface area contributed by atoms with Crippen LogP contribution in [0.3, 0.4) is 0 Å². The maximum atomic E-state index is 5.99. The van der Waals surface area contributed by atoms with E-state index in [4.69, 9.17) is 5.73 Å². The molecule has 0 bridgehead atoms. The normalized spacial score (nSPS) is 11.5. The summed E-state index contributed by atoms with van der Waals surface area (Å²) in [7, 11) is 0. The van der Waals surface area contributed by atoms with Crippen LogP contribution in [-0.4, -0.2) is 12.1 Å². The summed E-state index contributed by atoms with van der Waals surface area (Å²) in [5.74, 6) is 0. The van der Waals surface area contributed by atoms with Gasteiger partial charge in [0.15, 0.2) is 0 Å². The molecule has 2 nitrogen and oxygen atoms in total. The van der Waals surface area contributed by atoms with Gasteiger partial charge in [-0.15, -0.1) is 0 Å². The molecular formula is C14H23BrN2. The van der Waals surface area contributed by atoms with Gasteiger partial charge >= 0.3 is 0 Å². The van der Waals surface area contributed by atoms with E-state index in [-0.39, 0.29) is 5.54 Å². The predicted octanol–water partition coefficient (Wildman–Crippen LogP) is 4.16. The lowest BCUT2D eigenvalue weighted by molar-refractivity contribution is 0.401. The Hall–Kier alpha value is -0.540. The number of hydrogen-bond acceptors (Lipinski definition) is 2. The molecule has 0 atom stereocenters. The minimum absolute atomic E-state index is 0.0529. The summed E-state index contributed by atoms with van der Waals surface area (Å²) in [6.45, 7) is 5.11. The van der Waals surface area contributed by atoms with Crippen molar-refractivity contribution in [3.05, 3.63) is 28.7 Å². The summed E-state index contributed by atoms with van der Waals surface area (Å²) >= 11 is 3.45. The van der Waals surface area contributed by atoms with Gasteiger partial charge in [0.1, 0.15) is 0 Å². The molecule has 96 valence electrons. The molecule has 17 heavy (non-hydrogen) atoms. The SMILES string of the molecule is CCCC(CN)(CCC)Nc1ccc(Br)cc1. The number of nitrogens with one attached hydrogen (secondary N) is 1. The standard InChI is InChI=1S/C14H23BrN2/c1-3-9-14(11-16,10-4-2)17-13-7-5-12(15)6-8-13/h5-8,17H,3-4,9-11,16H2,1-2H3. The van der Waals surface area contributed by atoms with Gasteiger partial charge in [0.05, 0.1) is 0 Å². The lowest BCUT2D eigenvalue weighted by Crippen LogP contribution is -2.45. The van der Waals surface area contributed by atoms with Crippen LogP contribution in [0, 0.1) is 0 Å². The average molecular weight is 299 g/mol. The highest BCUT2D eigenvalue weighted by atomic mass is 79.9. The second-order valence-electron chi connectivity index (χ2n) is 4.62. The smallest absolute Gasteiger partial charge is 0.0495 e. The van der Waals surface area contributed by atoms with Crippen LogP contribution in [0.25, 0.3) is 0 Å². The van der Waals surface area contributed by atoms with Gasteiger partial charge in [-0.3, -0.25) is 0 Å². The minimum Gasteiger partial charge on any atom is -0.378 e. The predicted molar refractivity (Wildman–Crippen MR) is 79.4 cm³/mol. The van der Waals surface area contributed by atoms with E-state index >= 15 is 0 Å². The Morgan fingerprint density at radius 1 is 1.12 bits per heavy atom. The molecule has 0 unspecified atom stereocenters. The molecule has 3 N–H and O–H groups in total. The maximum absolute atomic E-state index is 5.99. The van der Waals surface area contributed by atoms with Gasteiger partial charge < -0.3 is 11.1 Å². The zero-order chi connectivity index (χ0) is 12.7. The number of hydrogen-bond donors (Lipinski definition) is 2. The van der Waals surface area contributed by atoms with E-state index in [1.807, 2.05) is 0 Å². The van der Waals surface area contributed by atoms with Crippen molar-refractivity contribution < 1.29 is 0 Å². The largest absolute Gasteiger partial charge is 0.378 e. The lowest BCUT2D eigenvalue weighted by atomic mass is 9.88. The summed E-state index contributed by atoms with van der Waals surface area (Å²) in [6, 6.07) is 8.31. The molecule has 0 aromatic heterocycles. The Bertz CT molecular complexity index is 315. The molecule has 0 heterocycles. The summed E-state index contributed by atoms with van der Waals surface area (Å²) in [4.78, 5) is 0. The van der Waals surface area contributed by atoms with Crippen LogP contribution in [0.4, 0.5) is 5.69 Å². The molecule has 1 aromatic rings. The highest BCUT2D eigenvalue weighted by molar-refractivity contribution is 9.10. The number of anilines is 1. The lowest BCUT2D eigenvalue weighted by Gasteiger charge is -2.34. The number of halogens is 1.